The molecule has 0 bridgehead atoms. The smallest absolute Gasteiger partial charge is 0.137 e. The van der Waals surface area contributed by atoms with Gasteiger partial charge in [-0.1, -0.05) is 12.2 Å². The van der Waals surface area contributed by atoms with Gasteiger partial charge in [0.15, 0.2) is 0 Å². The summed E-state index contributed by atoms with van der Waals surface area (Å²) < 4.78 is 0. The Morgan fingerprint density at radius 2 is 1.30 bits per heavy atom. The molecule has 2 heteroatoms. The molecule has 2 nitrogen and oxygen atoms in total. The zero-order valence-corrected chi connectivity index (χ0v) is 6.13. The molecule has 0 saturated heterocycles. The maximum Gasteiger partial charge on any atom is 0.137 e. The molecule has 0 fully saturated rings. The van der Waals surface area contributed by atoms with E-state index in [1.165, 1.54) is 13.8 Å². The number of hydrogen-bond donors (Lipinski definition) is 0. The minimum atomic E-state index is -0.127. The van der Waals surface area contributed by atoms with Crippen LogP contribution in [0.25, 0.3) is 0 Å². The van der Waals surface area contributed by atoms with Crippen LogP contribution in [0.4, 0.5) is 0 Å². The minimum absolute atomic E-state index is 0.0858. The molecule has 0 aromatic rings. The molecule has 0 saturated carbocycles. The van der Waals surface area contributed by atoms with Gasteiger partial charge >= 0.3 is 0 Å². The van der Waals surface area contributed by atoms with E-state index in [0.717, 1.165) is 0 Å². The van der Waals surface area contributed by atoms with Crippen LogP contribution in [0.5, 0.6) is 0 Å². The van der Waals surface area contributed by atoms with Gasteiger partial charge in [0.1, 0.15) is 11.6 Å². The molecule has 1 rings (SSSR count). The van der Waals surface area contributed by atoms with Gasteiger partial charge in [-0.3, -0.25) is 9.59 Å². The van der Waals surface area contributed by atoms with Gasteiger partial charge in [0.05, 0.1) is 0 Å². The van der Waals surface area contributed by atoms with E-state index >= 15 is 0 Å². The summed E-state index contributed by atoms with van der Waals surface area (Å²) in [6.45, 7) is 3.04. The first-order valence-corrected chi connectivity index (χ1v) is 3.32. The predicted octanol–water partition coefficient (Wildman–Crippen LogP) is 0.967. The summed E-state index contributed by atoms with van der Waals surface area (Å²) in [5.41, 5.74) is 0. The third kappa shape index (κ3) is 1.01. The number of rotatable bonds is 2. The Hall–Kier alpha value is -0.920. The highest BCUT2D eigenvalue weighted by Gasteiger charge is 2.30. The second-order valence-corrected chi connectivity index (χ2v) is 2.66. The maximum absolute atomic E-state index is 10.7. The lowest BCUT2D eigenvalue weighted by molar-refractivity contribution is -0.128. The molecule has 0 aliphatic heterocycles. The van der Waals surface area contributed by atoms with Crippen LogP contribution in [-0.2, 0) is 9.59 Å². The highest BCUT2D eigenvalue weighted by molar-refractivity contribution is 5.92. The van der Waals surface area contributed by atoms with Crippen molar-refractivity contribution in [2.75, 3.05) is 0 Å². The van der Waals surface area contributed by atoms with Gasteiger partial charge in [0, 0.05) is 11.8 Å². The second-order valence-electron chi connectivity index (χ2n) is 2.66. The molecule has 2 atom stereocenters. The fourth-order valence-corrected chi connectivity index (χ4v) is 1.11. The molecular formula is C8H10O2. The number of carbonyl (C=O) groups is 2. The fraction of sp³-hybridized carbons (Fsp3) is 0.500. The molecule has 0 spiro atoms. The Morgan fingerprint density at radius 1 is 1.00 bits per heavy atom. The monoisotopic (exact) mass is 138 g/mol. The number of ketones is 2. The van der Waals surface area contributed by atoms with Gasteiger partial charge in [-0.25, -0.2) is 0 Å². The number of hydrogen-bond acceptors (Lipinski definition) is 2. The molecule has 54 valence electrons. The third-order valence-electron chi connectivity index (χ3n) is 1.85. The second kappa shape index (κ2) is 2.37. The topological polar surface area (TPSA) is 34.1 Å². The summed E-state index contributed by atoms with van der Waals surface area (Å²) in [7, 11) is 0. The van der Waals surface area contributed by atoms with Crippen molar-refractivity contribution in [1.29, 1.82) is 0 Å². The molecule has 1 aliphatic carbocycles. The minimum Gasteiger partial charge on any atom is -0.299 e. The quantitative estimate of drug-likeness (QED) is 0.533. The molecule has 0 heterocycles. The lowest BCUT2D eigenvalue weighted by Crippen LogP contribution is -2.30. The Kier molecular flexibility index (Phi) is 1.70. The first-order valence-electron chi connectivity index (χ1n) is 3.32. The van der Waals surface area contributed by atoms with Crippen LogP contribution in [0.15, 0.2) is 12.2 Å². The van der Waals surface area contributed by atoms with E-state index < -0.39 is 0 Å². The average Bonchev–Trinajstić information content (AvgIpc) is 1.56. The molecule has 0 aromatic heterocycles. The highest BCUT2D eigenvalue weighted by atomic mass is 16.1. The van der Waals surface area contributed by atoms with Crippen molar-refractivity contribution in [1.82, 2.24) is 0 Å². The average molecular weight is 138 g/mol. The number of allylic oxidation sites excluding steroid dienone is 2. The molecular weight excluding hydrogens is 128 g/mol. The van der Waals surface area contributed by atoms with E-state index in [2.05, 4.69) is 0 Å². The van der Waals surface area contributed by atoms with Crippen LogP contribution in [0.1, 0.15) is 13.8 Å². The summed E-state index contributed by atoms with van der Waals surface area (Å²) in [5.74, 6) is -0.0830. The summed E-state index contributed by atoms with van der Waals surface area (Å²) in [6.07, 6.45) is 3.57. The van der Waals surface area contributed by atoms with E-state index in [-0.39, 0.29) is 23.4 Å². The van der Waals surface area contributed by atoms with Gasteiger partial charge in [0.25, 0.3) is 0 Å². The van der Waals surface area contributed by atoms with E-state index in [4.69, 9.17) is 0 Å². The van der Waals surface area contributed by atoms with Crippen LogP contribution in [0.2, 0.25) is 0 Å². The summed E-state index contributed by atoms with van der Waals surface area (Å²) >= 11 is 0. The van der Waals surface area contributed by atoms with Gasteiger partial charge in [-0.15, -0.1) is 0 Å². The number of carbonyl (C=O) groups excluding carboxylic acids is 2. The Balaban J connectivity index is 2.63. The standard InChI is InChI=1S/C8H10O2/c1-5(9)7-3-4-8(7)6(2)10/h3-4,7-8H,1-2H3/t7-,8-/m0/s1. The van der Waals surface area contributed by atoms with Gasteiger partial charge in [0.2, 0.25) is 0 Å². The molecule has 10 heavy (non-hydrogen) atoms. The SMILES string of the molecule is CC(=O)[C@@H]1C=C[C@H]1C(C)=O. The van der Waals surface area contributed by atoms with Gasteiger partial charge in [-0.05, 0) is 13.8 Å². The zero-order valence-electron chi connectivity index (χ0n) is 6.13. The molecule has 0 unspecified atom stereocenters. The largest absolute Gasteiger partial charge is 0.299 e. The molecule has 0 N–H and O–H groups in total. The lowest BCUT2D eigenvalue weighted by Gasteiger charge is -2.24. The van der Waals surface area contributed by atoms with Crippen LogP contribution in [0.3, 0.4) is 0 Å². The Labute approximate surface area is 59.9 Å². The van der Waals surface area contributed by atoms with Gasteiger partial charge < -0.3 is 0 Å². The predicted molar refractivity (Wildman–Crippen MR) is 37.5 cm³/mol. The first kappa shape index (κ1) is 7.19. The highest BCUT2D eigenvalue weighted by Crippen LogP contribution is 2.26. The van der Waals surface area contributed by atoms with Crippen LogP contribution < -0.4 is 0 Å². The Morgan fingerprint density at radius 3 is 1.40 bits per heavy atom. The van der Waals surface area contributed by atoms with Crippen molar-refractivity contribution in [2.45, 2.75) is 13.8 Å². The fourth-order valence-electron chi connectivity index (χ4n) is 1.11. The number of Topliss-reactive ketones (excluding diaryl/α,β-unsaturated/α-hetero) is 2. The van der Waals surface area contributed by atoms with Crippen molar-refractivity contribution >= 4 is 11.6 Å². The van der Waals surface area contributed by atoms with E-state index in [0.29, 0.717) is 0 Å². The van der Waals surface area contributed by atoms with Crippen molar-refractivity contribution < 1.29 is 9.59 Å². The van der Waals surface area contributed by atoms with Crippen LogP contribution in [0, 0.1) is 11.8 Å². The summed E-state index contributed by atoms with van der Waals surface area (Å²) in [5, 5.41) is 0. The third-order valence-corrected chi connectivity index (χ3v) is 1.85. The van der Waals surface area contributed by atoms with E-state index in [1.807, 2.05) is 0 Å². The van der Waals surface area contributed by atoms with Crippen LogP contribution >= 0.6 is 0 Å². The summed E-state index contributed by atoms with van der Waals surface area (Å²) in [4.78, 5) is 21.5. The molecule has 0 aromatic carbocycles. The van der Waals surface area contributed by atoms with Crippen LogP contribution in [-0.4, -0.2) is 11.6 Å². The van der Waals surface area contributed by atoms with Crippen molar-refractivity contribution in [3.05, 3.63) is 12.2 Å². The van der Waals surface area contributed by atoms with E-state index in [9.17, 15) is 9.59 Å². The summed E-state index contributed by atoms with van der Waals surface area (Å²) in [6, 6.07) is 0. The van der Waals surface area contributed by atoms with Crippen molar-refractivity contribution in [2.24, 2.45) is 11.8 Å². The normalized spacial score (nSPS) is 29.4. The maximum atomic E-state index is 10.7. The lowest BCUT2D eigenvalue weighted by atomic mass is 9.77. The van der Waals surface area contributed by atoms with Crippen molar-refractivity contribution in [3.63, 3.8) is 0 Å². The van der Waals surface area contributed by atoms with E-state index in [1.54, 1.807) is 12.2 Å². The molecule has 1 aliphatic rings. The van der Waals surface area contributed by atoms with Gasteiger partial charge in [-0.2, -0.15) is 0 Å². The molecule has 0 amide bonds. The first-order chi connectivity index (χ1) is 4.63. The zero-order chi connectivity index (χ0) is 7.72. The molecule has 0 radical (unpaired) electrons. The Bertz CT molecular complexity index is 181. The van der Waals surface area contributed by atoms with Crippen molar-refractivity contribution in [3.8, 4) is 0 Å².